The molecular formula is C18H24INS. The van der Waals surface area contributed by atoms with Gasteiger partial charge in [-0.2, -0.15) is 0 Å². The maximum absolute atomic E-state index is 3.72. The highest BCUT2D eigenvalue weighted by atomic mass is 127. The summed E-state index contributed by atoms with van der Waals surface area (Å²) < 4.78 is 1.36. The number of thiophene rings is 1. The van der Waals surface area contributed by atoms with Crippen molar-refractivity contribution in [1.82, 2.24) is 5.32 Å². The normalized spacial score (nSPS) is 12.6. The molecule has 0 aliphatic rings. The van der Waals surface area contributed by atoms with Gasteiger partial charge < -0.3 is 5.32 Å². The summed E-state index contributed by atoms with van der Waals surface area (Å²) in [4.78, 5) is 0. The molecule has 0 fully saturated rings. The van der Waals surface area contributed by atoms with Crippen LogP contribution in [-0.4, -0.2) is 6.54 Å². The summed E-state index contributed by atoms with van der Waals surface area (Å²) in [6.45, 7) is 9.95. The second-order valence-corrected chi connectivity index (χ2v) is 8.58. The Hall–Kier alpha value is -0.390. The first-order chi connectivity index (χ1) is 10.0. The van der Waals surface area contributed by atoms with E-state index in [0.717, 1.165) is 13.0 Å². The van der Waals surface area contributed by atoms with Crippen molar-refractivity contribution in [1.29, 1.82) is 0 Å². The van der Waals surface area contributed by atoms with Gasteiger partial charge in [0.1, 0.15) is 0 Å². The van der Waals surface area contributed by atoms with Crippen LogP contribution in [0.3, 0.4) is 0 Å². The van der Waals surface area contributed by atoms with Crippen LogP contribution in [0.4, 0.5) is 0 Å². The van der Waals surface area contributed by atoms with Crippen molar-refractivity contribution in [2.24, 2.45) is 0 Å². The van der Waals surface area contributed by atoms with E-state index in [0.29, 0.717) is 6.04 Å². The largest absolute Gasteiger partial charge is 0.310 e. The van der Waals surface area contributed by atoms with Gasteiger partial charge in [0.25, 0.3) is 0 Å². The number of nitrogens with one attached hydrogen (secondary N) is 1. The first-order valence-electron chi connectivity index (χ1n) is 7.55. The molecule has 114 valence electrons. The lowest BCUT2D eigenvalue weighted by atomic mass is 9.92. The second kappa shape index (κ2) is 7.75. The lowest BCUT2D eigenvalue weighted by Crippen LogP contribution is -2.24. The second-order valence-electron chi connectivity index (χ2n) is 5.77. The highest BCUT2D eigenvalue weighted by molar-refractivity contribution is 14.1. The van der Waals surface area contributed by atoms with Gasteiger partial charge in [0, 0.05) is 6.04 Å². The maximum atomic E-state index is 3.72. The monoisotopic (exact) mass is 413 g/mol. The molecule has 2 aromatic rings. The summed E-state index contributed by atoms with van der Waals surface area (Å²) in [5.41, 5.74) is 7.12. The van der Waals surface area contributed by atoms with Crippen molar-refractivity contribution in [3.63, 3.8) is 0 Å². The Kier molecular flexibility index (Phi) is 6.26. The summed E-state index contributed by atoms with van der Waals surface area (Å²) in [6.07, 6.45) is 2.24. The summed E-state index contributed by atoms with van der Waals surface area (Å²) in [6, 6.07) is 7.34. The Morgan fingerprint density at radius 1 is 1.14 bits per heavy atom. The highest BCUT2D eigenvalue weighted by Gasteiger charge is 2.16. The molecule has 0 spiro atoms. The predicted molar refractivity (Wildman–Crippen MR) is 102 cm³/mol. The van der Waals surface area contributed by atoms with Crippen molar-refractivity contribution in [2.75, 3.05) is 6.54 Å². The van der Waals surface area contributed by atoms with Crippen molar-refractivity contribution >= 4 is 33.9 Å². The lowest BCUT2D eigenvalue weighted by molar-refractivity contribution is 0.528. The van der Waals surface area contributed by atoms with E-state index < -0.39 is 0 Å². The molecule has 1 aromatic heterocycles. The summed E-state index contributed by atoms with van der Waals surface area (Å²) in [7, 11) is 0. The average Bonchev–Trinajstić information content (AvgIpc) is 2.83. The van der Waals surface area contributed by atoms with E-state index in [-0.39, 0.29) is 0 Å². The Morgan fingerprint density at radius 3 is 2.33 bits per heavy atom. The molecule has 0 saturated carbocycles. The molecule has 0 aliphatic carbocycles. The number of hydrogen-bond acceptors (Lipinski definition) is 2. The molecule has 1 heterocycles. The van der Waals surface area contributed by atoms with Gasteiger partial charge in [-0.05, 0) is 96.4 Å². The van der Waals surface area contributed by atoms with Gasteiger partial charge in [0.05, 0.1) is 2.88 Å². The van der Waals surface area contributed by atoms with E-state index >= 15 is 0 Å². The molecule has 1 atom stereocenters. The van der Waals surface area contributed by atoms with Gasteiger partial charge in [0.15, 0.2) is 0 Å². The Labute approximate surface area is 146 Å². The van der Waals surface area contributed by atoms with Crippen molar-refractivity contribution in [3.8, 4) is 0 Å². The quantitative estimate of drug-likeness (QED) is 0.612. The van der Waals surface area contributed by atoms with Crippen LogP contribution < -0.4 is 5.32 Å². The minimum absolute atomic E-state index is 0.421. The third kappa shape index (κ3) is 4.54. The first kappa shape index (κ1) is 17.0. The number of halogens is 1. The van der Waals surface area contributed by atoms with Gasteiger partial charge in [-0.15, -0.1) is 11.3 Å². The third-order valence-electron chi connectivity index (χ3n) is 3.88. The van der Waals surface area contributed by atoms with E-state index in [1.54, 1.807) is 0 Å². The predicted octanol–water partition coefficient (Wildman–Crippen LogP) is 5.56. The third-order valence-corrected chi connectivity index (χ3v) is 5.69. The number of benzene rings is 1. The van der Waals surface area contributed by atoms with Crippen LogP contribution in [0.5, 0.6) is 0 Å². The smallest absolute Gasteiger partial charge is 0.0656 e. The topological polar surface area (TPSA) is 12.0 Å². The highest BCUT2D eigenvalue weighted by Crippen LogP contribution is 2.28. The minimum atomic E-state index is 0.421. The molecular weight excluding hydrogens is 389 g/mol. The number of hydrogen-bond donors (Lipinski definition) is 1. The molecule has 3 heteroatoms. The van der Waals surface area contributed by atoms with Crippen LogP contribution >= 0.6 is 33.9 Å². The summed E-state index contributed by atoms with van der Waals surface area (Å²) >= 11 is 4.25. The lowest BCUT2D eigenvalue weighted by Gasteiger charge is -2.21. The van der Waals surface area contributed by atoms with Crippen LogP contribution in [0.2, 0.25) is 0 Å². The Balaban J connectivity index is 2.27. The molecule has 0 bridgehead atoms. The molecule has 1 unspecified atom stereocenters. The molecule has 0 saturated heterocycles. The number of aryl methyl sites for hydroxylation is 3. The van der Waals surface area contributed by atoms with Gasteiger partial charge >= 0.3 is 0 Å². The van der Waals surface area contributed by atoms with Crippen LogP contribution in [0.25, 0.3) is 0 Å². The molecule has 2 rings (SSSR count). The van der Waals surface area contributed by atoms with Crippen LogP contribution in [-0.2, 0) is 6.42 Å². The van der Waals surface area contributed by atoms with E-state index in [9.17, 15) is 0 Å². The molecule has 0 radical (unpaired) electrons. The van der Waals surface area contributed by atoms with Gasteiger partial charge in [-0.1, -0.05) is 24.6 Å². The number of rotatable bonds is 6. The van der Waals surface area contributed by atoms with Crippen molar-refractivity contribution < 1.29 is 0 Å². The maximum Gasteiger partial charge on any atom is 0.0656 e. The molecule has 1 nitrogen and oxygen atoms in total. The fourth-order valence-electron chi connectivity index (χ4n) is 2.87. The fraction of sp³-hybridized carbons (Fsp3) is 0.444. The zero-order valence-electron chi connectivity index (χ0n) is 13.3. The van der Waals surface area contributed by atoms with Crippen LogP contribution in [0, 0.1) is 23.7 Å². The van der Waals surface area contributed by atoms with Gasteiger partial charge in [-0.3, -0.25) is 0 Å². The molecule has 0 amide bonds. The first-order valence-corrected chi connectivity index (χ1v) is 9.51. The van der Waals surface area contributed by atoms with Crippen LogP contribution in [0.15, 0.2) is 23.6 Å². The van der Waals surface area contributed by atoms with Gasteiger partial charge in [-0.25, -0.2) is 0 Å². The van der Waals surface area contributed by atoms with Crippen molar-refractivity contribution in [2.45, 2.75) is 46.6 Å². The van der Waals surface area contributed by atoms with Crippen molar-refractivity contribution in [3.05, 3.63) is 54.3 Å². The average molecular weight is 413 g/mol. The van der Waals surface area contributed by atoms with E-state index in [4.69, 9.17) is 0 Å². The van der Waals surface area contributed by atoms with E-state index in [1.165, 1.54) is 37.1 Å². The molecule has 1 N–H and O–H groups in total. The fourth-order valence-corrected chi connectivity index (χ4v) is 4.29. The summed E-state index contributed by atoms with van der Waals surface area (Å²) in [5, 5.41) is 6.02. The zero-order chi connectivity index (χ0) is 15.4. The zero-order valence-corrected chi connectivity index (χ0v) is 16.3. The van der Waals surface area contributed by atoms with E-state index in [1.807, 2.05) is 11.3 Å². The van der Waals surface area contributed by atoms with Crippen LogP contribution in [0.1, 0.15) is 47.2 Å². The van der Waals surface area contributed by atoms with E-state index in [2.05, 4.69) is 79.2 Å². The SMILES string of the molecule is CCCNC(Cc1c(C)cc(C)cc1C)c1csc(I)c1. The minimum Gasteiger partial charge on any atom is -0.310 e. The Bertz CT molecular complexity index is 580. The molecule has 0 aliphatic heterocycles. The Morgan fingerprint density at radius 2 is 1.81 bits per heavy atom. The molecule has 21 heavy (non-hydrogen) atoms. The summed E-state index contributed by atoms with van der Waals surface area (Å²) in [5.74, 6) is 0. The molecule has 1 aromatic carbocycles. The van der Waals surface area contributed by atoms with Gasteiger partial charge in [0.2, 0.25) is 0 Å². The standard InChI is InChI=1S/C18H24INS/c1-5-6-20-17(15-9-18(19)21-11-15)10-16-13(3)7-12(2)8-14(16)4/h7-9,11,17,20H,5-6,10H2,1-4H3.